The Balaban J connectivity index is 0.969. The fraction of sp³-hybridized carbons (Fsp3) is 0. The molecule has 4 heterocycles. The van der Waals surface area contributed by atoms with Gasteiger partial charge in [0.15, 0.2) is 28.6 Å². The molecule has 12 aromatic rings. The second kappa shape index (κ2) is 13.2. The molecule has 0 N–H and O–H groups in total. The summed E-state index contributed by atoms with van der Waals surface area (Å²) >= 11 is 0. The molecule has 0 radical (unpaired) electrons. The van der Waals surface area contributed by atoms with Gasteiger partial charge in [0.1, 0.15) is 11.0 Å². The molecule has 0 aliphatic carbocycles. The highest BCUT2D eigenvalue weighted by molar-refractivity contribution is 6.09. The molecule has 0 spiro atoms. The van der Waals surface area contributed by atoms with E-state index in [4.69, 9.17) is 33.8 Å². The monoisotopic (exact) mass is 758 g/mol. The highest BCUT2D eigenvalue weighted by Crippen LogP contribution is 2.35. The molecule has 0 unspecified atom stereocenters. The van der Waals surface area contributed by atoms with E-state index in [1.807, 2.05) is 97.1 Å². The van der Waals surface area contributed by atoms with Crippen LogP contribution in [0.5, 0.6) is 0 Å². The van der Waals surface area contributed by atoms with Gasteiger partial charge in [-0.15, -0.1) is 0 Å². The van der Waals surface area contributed by atoms with E-state index in [9.17, 15) is 0 Å². The smallest absolute Gasteiger partial charge is 0.227 e. The Bertz CT molecular complexity index is 3310. The number of hydrogen-bond acceptors (Lipinski definition) is 7. The van der Waals surface area contributed by atoms with E-state index in [2.05, 4.69) is 89.5 Å². The summed E-state index contributed by atoms with van der Waals surface area (Å²) in [6, 6.07) is 61.6. The molecule has 0 amide bonds. The summed E-state index contributed by atoms with van der Waals surface area (Å²) < 4.78 is 14.5. The van der Waals surface area contributed by atoms with Gasteiger partial charge in [0.05, 0.1) is 11.0 Å². The van der Waals surface area contributed by atoms with Gasteiger partial charge in [-0.2, -0.15) is 0 Å². The van der Waals surface area contributed by atoms with Gasteiger partial charge in [-0.1, -0.05) is 103 Å². The number of benzene rings is 8. The highest BCUT2D eigenvalue weighted by Gasteiger charge is 2.17. The van der Waals surface area contributed by atoms with E-state index in [0.717, 1.165) is 66.5 Å². The van der Waals surface area contributed by atoms with Gasteiger partial charge in [-0.05, 0) is 89.6 Å². The van der Waals surface area contributed by atoms with Crippen LogP contribution in [0.25, 0.3) is 118 Å². The van der Waals surface area contributed by atoms with Crippen LogP contribution in [0.2, 0.25) is 0 Å². The normalized spacial score (nSPS) is 11.7. The van der Waals surface area contributed by atoms with Crippen LogP contribution in [0.15, 0.2) is 191 Å². The minimum absolute atomic E-state index is 0.552. The van der Waals surface area contributed by atoms with E-state index in [-0.39, 0.29) is 0 Å². The first kappa shape index (κ1) is 33.0. The van der Waals surface area contributed by atoms with Crippen LogP contribution in [0, 0.1) is 0 Å². The first-order valence-electron chi connectivity index (χ1n) is 19.4. The maximum Gasteiger partial charge on any atom is 0.227 e. The Morgan fingerprint density at radius 1 is 0.339 bits per heavy atom. The van der Waals surface area contributed by atoms with Crippen LogP contribution in [0.3, 0.4) is 0 Å². The van der Waals surface area contributed by atoms with Gasteiger partial charge in [0, 0.05) is 44.3 Å². The summed E-state index contributed by atoms with van der Waals surface area (Å²) in [6.45, 7) is 0. The maximum atomic E-state index is 6.06. The standard InChI is InChI=1S/C51H30N6O2/c1-5-13-43-39(9-1)40-10-2-6-14-44(40)57(43)38-28-27-31-17-26-36(29-37(31)30-38)49-55-47(32-18-22-34(23-19-32)50-52-41-11-3-7-15-45(41)58-50)54-48(56-49)33-20-24-35(25-21-33)51-53-42-12-4-8-16-46(42)59-51/h1-30H. The van der Waals surface area contributed by atoms with E-state index < -0.39 is 0 Å². The number of hydrogen-bond donors (Lipinski definition) is 0. The first-order chi connectivity index (χ1) is 29.2. The number of fused-ring (bicyclic) bond motifs is 6. The third-order valence-corrected chi connectivity index (χ3v) is 10.9. The lowest BCUT2D eigenvalue weighted by atomic mass is 10.0. The maximum absolute atomic E-state index is 6.06. The molecule has 0 saturated carbocycles. The first-order valence-corrected chi connectivity index (χ1v) is 19.4. The summed E-state index contributed by atoms with van der Waals surface area (Å²) in [5, 5.41) is 4.66. The van der Waals surface area contributed by atoms with Gasteiger partial charge in [0.25, 0.3) is 0 Å². The number of para-hydroxylation sites is 6. The molecule has 0 bridgehead atoms. The molecule has 0 saturated heterocycles. The molecule has 59 heavy (non-hydrogen) atoms. The lowest BCUT2D eigenvalue weighted by molar-refractivity contribution is 0.619. The zero-order chi connectivity index (χ0) is 38.9. The summed E-state index contributed by atoms with van der Waals surface area (Å²) in [5.74, 6) is 2.79. The van der Waals surface area contributed by atoms with Crippen LogP contribution < -0.4 is 0 Å². The Kier molecular flexibility index (Phi) is 7.36. The molecule has 8 nitrogen and oxygen atoms in total. The molecule has 4 aromatic heterocycles. The zero-order valence-corrected chi connectivity index (χ0v) is 31.3. The zero-order valence-electron chi connectivity index (χ0n) is 31.3. The average Bonchev–Trinajstić information content (AvgIpc) is 4.03. The SMILES string of the molecule is c1ccc2oc(-c3ccc(-c4nc(-c5ccc(-c6nc7ccccc7o6)cc5)nc(-c5ccc6ccc(-n7c8ccccc8c8ccccc87)cc6c5)n4)cc3)nc2c1. The molecular formula is C51H30N6O2. The van der Waals surface area contributed by atoms with Crippen molar-refractivity contribution in [2.24, 2.45) is 0 Å². The van der Waals surface area contributed by atoms with Crippen molar-refractivity contribution in [2.45, 2.75) is 0 Å². The molecule has 276 valence electrons. The summed E-state index contributed by atoms with van der Waals surface area (Å²) in [4.78, 5) is 24.6. The third-order valence-electron chi connectivity index (χ3n) is 10.9. The fourth-order valence-electron chi connectivity index (χ4n) is 7.99. The second-order valence-electron chi connectivity index (χ2n) is 14.6. The molecule has 0 fully saturated rings. The predicted molar refractivity (Wildman–Crippen MR) is 234 cm³/mol. The second-order valence-corrected chi connectivity index (χ2v) is 14.6. The molecule has 8 heteroatoms. The minimum Gasteiger partial charge on any atom is -0.436 e. The van der Waals surface area contributed by atoms with Crippen molar-refractivity contribution in [3.05, 3.63) is 182 Å². The van der Waals surface area contributed by atoms with Crippen LogP contribution in [0.4, 0.5) is 0 Å². The Hall–Kier alpha value is -8.23. The van der Waals surface area contributed by atoms with E-state index in [0.29, 0.717) is 29.3 Å². The third kappa shape index (κ3) is 5.65. The molecule has 0 atom stereocenters. The van der Waals surface area contributed by atoms with Gasteiger partial charge >= 0.3 is 0 Å². The largest absolute Gasteiger partial charge is 0.436 e. The van der Waals surface area contributed by atoms with Gasteiger partial charge in [-0.3, -0.25) is 0 Å². The number of nitrogens with zero attached hydrogens (tertiary/aromatic N) is 6. The summed E-state index contributed by atoms with van der Waals surface area (Å²) in [5.41, 5.74) is 10.8. The van der Waals surface area contributed by atoms with Gasteiger partial charge < -0.3 is 13.4 Å². The average molecular weight is 759 g/mol. The molecule has 8 aromatic carbocycles. The fourth-order valence-corrected chi connectivity index (χ4v) is 7.99. The summed E-state index contributed by atoms with van der Waals surface area (Å²) in [7, 11) is 0. The van der Waals surface area contributed by atoms with Gasteiger partial charge in [-0.25, -0.2) is 24.9 Å². The number of oxazole rings is 2. The predicted octanol–water partition coefficient (Wildman–Crippen LogP) is 12.7. The van der Waals surface area contributed by atoms with Crippen LogP contribution in [0.1, 0.15) is 0 Å². The van der Waals surface area contributed by atoms with Crippen molar-refractivity contribution in [1.29, 1.82) is 0 Å². The number of aromatic nitrogens is 6. The number of rotatable bonds is 6. The highest BCUT2D eigenvalue weighted by atomic mass is 16.4. The van der Waals surface area contributed by atoms with E-state index in [1.165, 1.54) is 21.8 Å². The molecule has 0 aliphatic heterocycles. The van der Waals surface area contributed by atoms with Crippen molar-refractivity contribution >= 4 is 54.8 Å². The van der Waals surface area contributed by atoms with E-state index >= 15 is 0 Å². The van der Waals surface area contributed by atoms with Crippen molar-refractivity contribution in [2.75, 3.05) is 0 Å². The van der Waals surface area contributed by atoms with Crippen molar-refractivity contribution < 1.29 is 8.83 Å². The van der Waals surface area contributed by atoms with Gasteiger partial charge in [0.2, 0.25) is 11.8 Å². The lowest BCUT2D eigenvalue weighted by Crippen LogP contribution is -2.00. The summed E-state index contributed by atoms with van der Waals surface area (Å²) in [6.07, 6.45) is 0. The molecule has 0 aliphatic rings. The Morgan fingerprint density at radius 2 is 0.780 bits per heavy atom. The van der Waals surface area contributed by atoms with E-state index in [1.54, 1.807) is 0 Å². The minimum atomic E-state index is 0.552. The lowest BCUT2D eigenvalue weighted by Gasteiger charge is -2.11. The topological polar surface area (TPSA) is 95.7 Å². The van der Waals surface area contributed by atoms with Crippen LogP contribution >= 0.6 is 0 Å². The Morgan fingerprint density at radius 3 is 1.32 bits per heavy atom. The van der Waals surface area contributed by atoms with Crippen molar-refractivity contribution in [3.8, 4) is 62.8 Å². The van der Waals surface area contributed by atoms with Crippen molar-refractivity contribution in [1.82, 2.24) is 29.5 Å². The molecule has 12 rings (SSSR count). The van der Waals surface area contributed by atoms with Crippen molar-refractivity contribution in [3.63, 3.8) is 0 Å². The van der Waals surface area contributed by atoms with Crippen LogP contribution in [-0.4, -0.2) is 29.5 Å². The molecular weight excluding hydrogens is 729 g/mol. The quantitative estimate of drug-likeness (QED) is 0.167. The Labute approximate surface area is 336 Å². The van der Waals surface area contributed by atoms with Crippen LogP contribution in [-0.2, 0) is 0 Å².